The standard InChI is InChI=1S/C12H11ClN2.C10H20N2/c1-2-8-3-4-10-11(5-8)15-7-9(6-14)12(10)13;1-4-5-10(2)12-8-6-11(3)7-9-12/h2-5,7H,1,6,14H2;2,4-9H2,1,3H3. The fourth-order valence-corrected chi connectivity index (χ4v) is 3.34. The fraction of sp³-hybridized carbons (Fsp3) is 0.409. The molecule has 0 unspecified atom stereocenters. The number of pyridine rings is 1. The SMILES string of the molecule is C=C(CCC)N1CCN(C)CC1.C=Cc1ccc2c(Cl)c(CN)cnc2c1. The number of benzene rings is 1. The van der Waals surface area contributed by atoms with Crippen LogP contribution in [0.2, 0.25) is 5.02 Å². The molecule has 0 spiro atoms. The summed E-state index contributed by atoms with van der Waals surface area (Å²) in [7, 11) is 2.18. The van der Waals surface area contributed by atoms with E-state index in [9.17, 15) is 0 Å². The maximum Gasteiger partial charge on any atom is 0.0723 e. The Morgan fingerprint density at radius 3 is 2.59 bits per heavy atom. The quantitative estimate of drug-likeness (QED) is 0.819. The molecule has 5 heteroatoms. The number of allylic oxidation sites excluding steroid dienone is 1. The second-order valence-electron chi connectivity index (χ2n) is 6.89. The Balaban J connectivity index is 0.000000199. The first-order valence-corrected chi connectivity index (χ1v) is 9.88. The molecule has 0 bridgehead atoms. The molecule has 27 heavy (non-hydrogen) atoms. The molecule has 4 nitrogen and oxygen atoms in total. The van der Waals surface area contributed by atoms with Crippen LogP contribution in [0.15, 0.2) is 43.3 Å². The third-order valence-corrected chi connectivity index (χ3v) is 5.29. The summed E-state index contributed by atoms with van der Waals surface area (Å²) < 4.78 is 0. The average Bonchev–Trinajstić information content (AvgIpc) is 2.69. The molecular formula is C22H31ClN4. The van der Waals surface area contributed by atoms with Gasteiger partial charge in [-0.2, -0.15) is 0 Å². The van der Waals surface area contributed by atoms with Crippen molar-refractivity contribution in [3.63, 3.8) is 0 Å². The van der Waals surface area contributed by atoms with E-state index in [0.29, 0.717) is 11.6 Å². The number of aromatic nitrogens is 1. The fourth-order valence-electron chi connectivity index (χ4n) is 3.06. The Hall–Kier alpha value is -1.88. The molecule has 1 aliphatic heterocycles. The number of hydrogen-bond donors (Lipinski definition) is 1. The Bertz CT molecular complexity index is 779. The van der Waals surface area contributed by atoms with Crippen LogP contribution >= 0.6 is 11.6 Å². The highest BCUT2D eigenvalue weighted by molar-refractivity contribution is 6.36. The maximum atomic E-state index is 6.19. The molecule has 3 rings (SSSR count). The lowest BCUT2D eigenvalue weighted by Gasteiger charge is -2.35. The van der Waals surface area contributed by atoms with Crippen LogP contribution in [0.25, 0.3) is 17.0 Å². The predicted molar refractivity (Wildman–Crippen MR) is 118 cm³/mol. The lowest BCUT2D eigenvalue weighted by atomic mass is 10.1. The molecule has 0 radical (unpaired) electrons. The van der Waals surface area contributed by atoms with Crippen LogP contribution in [0.4, 0.5) is 0 Å². The first-order valence-electron chi connectivity index (χ1n) is 9.51. The van der Waals surface area contributed by atoms with Crippen molar-refractivity contribution < 1.29 is 0 Å². The zero-order valence-corrected chi connectivity index (χ0v) is 17.3. The van der Waals surface area contributed by atoms with Gasteiger partial charge in [0.1, 0.15) is 0 Å². The van der Waals surface area contributed by atoms with Gasteiger partial charge in [0.2, 0.25) is 0 Å². The molecule has 0 amide bonds. The van der Waals surface area contributed by atoms with Crippen molar-refractivity contribution in [1.29, 1.82) is 0 Å². The van der Waals surface area contributed by atoms with Crippen LogP contribution in [0.5, 0.6) is 0 Å². The van der Waals surface area contributed by atoms with Gasteiger partial charge in [-0.1, -0.05) is 56.3 Å². The van der Waals surface area contributed by atoms with Gasteiger partial charge < -0.3 is 15.5 Å². The predicted octanol–water partition coefficient (Wildman–Crippen LogP) is 4.54. The third kappa shape index (κ3) is 5.80. The minimum absolute atomic E-state index is 0.408. The first kappa shape index (κ1) is 21.4. The molecule has 1 saturated heterocycles. The number of rotatable bonds is 5. The normalized spacial score (nSPS) is 14.6. The Kier molecular flexibility index (Phi) is 8.29. The van der Waals surface area contributed by atoms with Gasteiger partial charge in [0.15, 0.2) is 0 Å². The highest BCUT2D eigenvalue weighted by atomic mass is 35.5. The van der Waals surface area contributed by atoms with Crippen molar-refractivity contribution in [2.75, 3.05) is 33.2 Å². The molecule has 1 aliphatic rings. The molecular weight excluding hydrogens is 356 g/mol. The molecule has 2 aromatic rings. The zero-order chi connectivity index (χ0) is 19.8. The average molecular weight is 387 g/mol. The van der Waals surface area contributed by atoms with Gasteiger partial charge in [0, 0.05) is 55.6 Å². The number of nitrogens with two attached hydrogens (primary N) is 1. The van der Waals surface area contributed by atoms with E-state index in [0.717, 1.165) is 41.5 Å². The Morgan fingerprint density at radius 1 is 1.30 bits per heavy atom. The van der Waals surface area contributed by atoms with Crippen molar-refractivity contribution in [3.8, 4) is 0 Å². The summed E-state index contributed by atoms with van der Waals surface area (Å²) in [5.41, 5.74) is 9.66. The van der Waals surface area contributed by atoms with Crippen LogP contribution in [0, 0.1) is 0 Å². The van der Waals surface area contributed by atoms with E-state index in [2.05, 4.69) is 41.9 Å². The van der Waals surface area contributed by atoms with Gasteiger partial charge in [-0.05, 0) is 25.1 Å². The monoisotopic (exact) mass is 386 g/mol. The van der Waals surface area contributed by atoms with E-state index in [1.165, 1.54) is 25.2 Å². The topological polar surface area (TPSA) is 45.4 Å². The minimum Gasteiger partial charge on any atom is -0.373 e. The van der Waals surface area contributed by atoms with Crippen LogP contribution in [-0.4, -0.2) is 48.0 Å². The summed E-state index contributed by atoms with van der Waals surface area (Å²) in [6.45, 7) is 15.1. The van der Waals surface area contributed by atoms with Crippen molar-refractivity contribution in [1.82, 2.24) is 14.8 Å². The smallest absolute Gasteiger partial charge is 0.0723 e. The molecule has 1 fully saturated rings. The van der Waals surface area contributed by atoms with Gasteiger partial charge in [0.25, 0.3) is 0 Å². The van der Waals surface area contributed by atoms with Gasteiger partial charge in [-0.3, -0.25) is 4.98 Å². The van der Waals surface area contributed by atoms with E-state index in [-0.39, 0.29) is 0 Å². The number of fused-ring (bicyclic) bond motifs is 1. The second-order valence-corrected chi connectivity index (χ2v) is 7.27. The molecule has 1 aromatic carbocycles. The van der Waals surface area contributed by atoms with Crippen LogP contribution in [-0.2, 0) is 6.54 Å². The van der Waals surface area contributed by atoms with Gasteiger partial charge in [0.05, 0.1) is 10.5 Å². The summed E-state index contributed by atoms with van der Waals surface area (Å²) in [6, 6.07) is 5.86. The molecule has 0 saturated carbocycles. The lowest BCUT2D eigenvalue weighted by molar-refractivity contribution is 0.183. The largest absolute Gasteiger partial charge is 0.373 e. The molecule has 0 aliphatic carbocycles. The summed E-state index contributed by atoms with van der Waals surface area (Å²) in [5, 5.41) is 1.63. The Morgan fingerprint density at radius 2 is 2.00 bits per heavy atom. The highest BCUT2D eigenvalue weighted by Crippen LogP contribution is 2.26. The molecule has 2 heterocycles. The van der Waals surface area contributed by atoms with Crippen LogP contribution in [0.1, 0.15) is 30.9 Å². The van der Waals surface area contributed by atoms with Crippen molar-refractivity contribution in [2.24, 2.45) is 5.73 Å². The molecule has 146 valence electrons. The van der Waals surface area contributed by atoms with Gasteiger partial charge in [-0.15, -0.1) is 0 Å². The molecule has 2 N–H and O–H groups in total. The number of piperazine rings is 1. The lowest BCUT2D eigenvalue weighted by Crippen LogP contribution is -2.43. The van der Waals surface area contributed by atoms with E-state index < -0.39 is 0 Å². The summed E-state index contributed by atoms with van der Waals surface area (Å²) in [6.07, 6.45) is 5.87. The van der Waals surface area contributed by atoms with E-state index in [1.807, 2.05) is 18.2 Å². The molecule has 1 aromatic heterocycles. The van der Waals surface area contributed by atoms with Crippen molar-refractivity contribution >= 4 is 28.6 Å². The Labute approximate surface area is 168 Å². The summed E-state index contributed by atoms with van der Waals surface area (Å²) in [5.74, 6) is 0. The van der Waals surface area contributed by atoms with Gasteiger partial charge in [-0.25, -0.2) is 0 Å². The number of hydrogen-bond acceptors (Lipinski definition) is 4. The first-order chi connectivity index (χ1) is 13.0. The van der Waals surface area contributed by atoms with E-state index in [4.69, 9.17) is 17.3 Å². The van der Waals surface area contributed by atoms with Crippen LogP contribution < -0.4 is 5.73 Å². The molecule has 0 atom stereocenters. The second kappa shape index (κ2) is 10.5. The van der Waals surface area contributed by atoms with Crippen molar-refractivity contribution in [3.05, 3.63) is 59.4 Å². The number of nitrogens with zero attached hydrogens (tertiary/aromatic N) is 3. The number of likely N-dealkylation sites (N-methyl/N-ethyl adjacent to an activating group) is 1. The number of halogens is 1. The zero-order valence-electron chi connectivity index (χ0n) is 16.5. The van der Waals surface area contributed by atoms with E-state index >= 15 is 0 Å². The maximum absolute atomic E-state index is 6.19. The highest BCUT2D eigenvalue weighted by Gasteiger charge is 2.13. The van der Waals surface area contributed by atoms with Gasteiger partial charge >= 0.3 is 0 Å². The third-order valence-electron chi connectivity index (χ3n) is 4.84. The van der Waals surface area contributed by atoms with Crippen molar-refractivity contribution in [2.45, 2.75) is 26.3 Å². The summed E-state index contributed by atoms with van der Waals surface area (Å²) in [4.78, 5) is 9.10. The summed E-state index contributed by atoms with van der Waals surface area (Å²) >= 11 is 6.19. The van der Waals surface area contributed by atoms with E-state index in [1.54, 1.807) is 12.3 Å². The minimum atomic E-state index is 0.408. The van der Waals surface area contributed by atoms with Crippen LogP contribution in [0.3, 0.4) is 0 Å².